The number of carbonyl (C=O) groups is 3. The van der Waals surface area contributed by atoms with Crippen LogP contribution in [0, 0.1) is 24.0 Å². The number of nitro groups is 1. The fourth-order valence-corrected chi connectivity index (χ4v) is 2.83. The minimum absolute atomic E-state index is 0.0959. The zero-order valence-electron chi connectivity index (χ0n) is 14.2. The minimum atomic E-state index is -1.02. The van der Waals surface area contributed by atoms with Crippen LogP contribution in [-0.2, 0) is 4.74 Å². The van der Waals surface area contributed by atoms with Gasteiger partial charge in [-0.05, 0) is 38.5 Å². The van der Waals surface area contributed by atoms with Gasteiger partial charge in [-0.15, -0.1) is 0 Å². The van der Waals surface area contributed by atoms with Crippen molar-refractivity contribution in [2.24, 2.45) is 0 Å². The lowest BCUT2D eigenvalue weighted by molar-refractivity contribution is -0.385. The molecule has 1 heterocycles. The van der Waals surface area contributed by atoms with Gasteiger partial charge in [0.1, 0.15) is 5.56 Å². The first-order valence-electron chi connectivity index (χ1n) is 7.47. The monoisotopic (exact) mass is 378 g/mol. The second-order valence-corrected chi connectivity index (χ2v) is 6.04. The predicted molar refractivity (Wildman–Crippen MR) is 93.0 cm³/mol. The van der Waals surface area contributed by atoms with Crippen molar-refractivity contribution in [1.29, 1.82) is 0 Å². The van der Waals surface area contributed by atoms with E-state index in [4.69, 9.17) is 16.3 Å². The Balaban J connectivity index is 2.18. The highest BCUT2D eigenvalue weighted by Gasteiger charge is 2.24. The molecule has 0 atom stereocenters. The lowest BCUT2D eigenvalue weighted by Gasteiger charge is -2.05. The number of nitro benzene ring substituents is 1. The van der Waals surface area contributed by atoms with Gasteiger partial charge in [-0.3, -0.25) is 19.7 Å². The number of nitrogens with one attached hydrogen (secondary N) is 1. The van der Waals surface area contributed by atoms with E-state index in [0.717, 1.165) is 12.1 Å². The number of H-pyrrole nitrogens is 1. The molecule has 1 aromatic heterocycles. The van der Waals surface area contributed by atoms with Crippen molar-refractivity contribution < 1.29 is 24.0 Å². The number of esters is 1. The van der Waals surface area contributed by atoms with Crippen LogP contribution < -0.4 is 0 Å². The molecule has 0 aliphatic carbocycles. The summed E-state index contributed by atoms with van der Waals surface area (Å²) in [6.45, 7) is 4.02. The van der Waals surface area contributed by atoms with Gasteiger partial charge in [-0.2, -0.15) is 0 Å². The van der Waals surface area contributed by atoms with Crippen molar-refractivity contribution in [3.05, 3.63) is 61.4 Å². The number of benzene rings is 1. The minimum Gasteiger partial charge on any atom is -0.453 e. The van der Waals surface area contributed by atoms with Gasteiger partial charge < -0.3 is 9.72 Å². The van der Waals surface area contributed by atoms with E-state index in [0.29, 0.717) is 16.8 Å². The van der Waals surface area contributed by atoms with E-state index in [1.54, 1.807) is 13.8 Å². The van der Waals surface area contributed by atoms with Crippen LogP contribution in [0.2, 0.25) is 5.02 Å². The summed E-state index contributed by atoms with van der Waals surface area (Å²) in [5.41, 5.74) is 0.752. The van der Waals surface area contributed by atoms with Gasteiger partial charge in [-0.1, -0.05) is 11.6 Å². The Morgan fingerprint density at radius 2 is 1.92 bits per heavy atom. The Labute approximate surface area is 153 Å². The van der Waals surface area contributed by atoms with E-state index in [9.17, 15) is 24.5 Å². The number of ketones is 2. The first kappa shape index (κ1) is 19.3. The highest BCUT2D eigenvalue weighted by Crippen LogP contribution is 2.24. The van der Waals surface area contributed by atoms with Gasteiger partial charge in [0.15, 0.2) is 12.4 Å². The molecule has 9 heteroatoms. The number of rotatable bonds is 6. The Bertz CT molecular complexity index is 932. The van der Waals surface area contributed by atoms with Crippen molar-refractivity contribution in [3.63, 3.8) is 0 Å². The summed E-state index contributed by atoms with van der Waals surface area (Å²) in [7, 11) is 0. The maximum Gasteiger partial charge on any atom is 0.345 e. The summed E-state index contributed by atoms with van der Waals surface area (Å²) >= 11 is 5.69. The zero-order chi connectivity index (χ0) is 19.6. The van der Waals surface area contributed by atoms with E-state index in [1.165, 1.54) is 13.0 Å². The second-order valence-electron chi connectivity index (χ2n) is 5.60. The van der Waals surface area contributed by atoms with E-state index < -0.39 is 29.0 Å². The van der Waals surface area contributed by atoms with Crippen LogP contribution >= 0.6 is 11.6 Å². The molecule has 0 fully saturated rings. The lowest BCUT2D eigenvalue weighted by Crippen LogP contribution is -2.16. The molecule has 26 heavy (non-hydrogen) atoms. The molecule has 0 spiro atoms. The number of hydrogen-bond acceptors (Lipinski definition) is 6. The number of carbonyl (C=O) groups excluding carboxylic acids is 3. The van der Waals surface area contributed by atoms with E-state index in [1.807, 2.05) is 0 Å². The van der Waals surface area contributed by atoms with Crippen molar-refractivity contribution in [2.75, 3.05) is 6.61 Å². The van der Waals surface area contributed by atoms with Crippen molar-refractivity contribution in [2.45, 2.75) is 20.8 Å². The number of aromatic amines is 1. The van der Waals surface area contributed by atoms with E-state index >= 15 is 0 Å². The molecule has 2 rings (SSSR count). The molecule has 136 valence electrons. The molecular weight excluding hydrogens is 364 g/mol. The summed E-state index contributed by atoms with van der Waals surface area (Å²) in [5, 5.41) is 11.1. The molecule has 1 aromatic carbocycles. The van der Waals surface area contributed by atoms with Crippen LogP contribution in [0.25, 0.3) is 0 Å². The molecule has 0 aliphatic heterocycles. The zero-order valence-corrected chi connectivity index (χ0v) is 15.0. The Morgan fingerprint density at radius 1 is 1.27 bits per heavy atom. The predicted octanol–water partition coefficient (Wildman–Crippen LogP) is 3.44. The molecule has 0 aliphatic rings. The number of aryl methyl sites for hydroxylation is 1. The Kier molecular flexibility index (Phi) is 5.56. The second kappa shape index (κ2) is 7.49. The molecule has 0 amide bonds. The van der Waals surface area contributed by atoms with E-state index in [-0.39, 0.29) is 22.1 Å². The third-order valence-corrected chi connectivity index (χ3v) is 4.01. The third kappa shape index (κ3) is 3.80. The molecule has 0 radical (unpaired) electrons. The van der Waals surface area contributed by atoms with Crippen LogP contribution in [0.3, 0.4) is 0 Å². The quantitative estimate of drug-likeness (QED) is 0.356. The van der Waals surface area contributed by atoms with Gasteiger partial charge in [0, 0.05) is 22.3 Å². The SMILES string of the molecule is CC(=O)c1c(C)[nH]c(C(=O)COC(=O)c2ccc(Cl)cc2[N+](=O)[O-])c1C. The van der Waals surface area contributed by atoms with Crippen molar-refractivity contribution >= 4 is 34.8 Å². The van der Waals surface area contributed by atoms with Crippen molar-refractivity contribution in [3.8, 4) is 0 Å². The smallest absolute Gasteiger partial charge is 0.345 e. The van der Waals surface area contributed by atoms with Crippen molar-refractivity contribution in [1.82, 2.24) is 4.98 Å². The molecule has 0 bridgehead atoms. The van der Waals surface area contributed by atoms with Crippen LogP contribution in [0.1, 0.15) is 49.4 Å². The van der Waals surface area contributed by atoms with Gasteiger partial charge in [-0.25, -0.2) is 4.79 Å². The molecule has 0 saturated carbocycles. The van der Waals surface area contributed by atoms with Crippen LogP contribution in [0.15, 0.2) is 18.2 Å². The van der Waals surface area contributed by atoms with Crippen LogP contribution in [-0.4, -0.2) is 34.0 Å². The molecule has 0 unspecified atom stereocenters. The number of halogens is 1. The highest BCUT2D eigenvalue weighted by molar-refractivity contribution is 6.31. The summed E-state index contributed by atoms with van der Waals surface area (Å²) in [6.07, 6.45) is 0. The summed E-state index contributed by atoms with van der Waals surface area (Å²) in [4.78, 5) is 49.1. The molecule has 2 aromatic rings. The number of ether oxygens (including phenoxy) is 1. The fourth-order valence-electron chi connectivity index (χ4n) is 2.67. The molecular formula is C17H15ClN2O6. The lowest BCUT2D eigenvalue weighted by atomic mass is 10.1. The highest BCUT2D eigenvalue weighted by atomic mass is 35.5. The molecule has 8 nitrogen and oxygen atoms in total. The molecule has 1 N–H and O–H groups in total. The summed E-state index contributed by atoms with van der Waals surface area (Å²) in [6, 6.07) is 3.49. The van der Waals surface area contributed by atoms with Crippen LogP contribution in [0.4, 0.5) is 5.69 Å². The van der Waals surface area contributed by atoms with Crippen LogP contribution in [0.5, 0.6) is 0 Å². The summed E-state index contributed by atoms with van der Waals surface area (Å²) in [5.74, 6) is -1.76. The topological polar surface area (TPSA) is 119 Å². The summed E-state index contributed by atoms with van der Waals surface area (Å²) < 4.78 is 4.90. The first-order chi connectivity index (χ1) is 12.1. The maximum atomic E-state index is 12.3. The average Bonchev–Trinajstić information content (AvgIpc) is 2.86. The Hall–Kier alpha value is -3.00. The van der Waals surface area contributed by atoms with Gasteiger partial charge in [0.2, 0.25) is 5.78 Å². The van der Waals surface area contributed by atoms with E-state index in [2.05, 4.69) is 4.98 Å². The third-order valence-electron chi connectivity index (χ3n) is 3.78. The molecule has 0 saturated heterocycles. The number of hydrogen-bond donors (Lipinski definition) is 1. The standard InChI is InChI=1S/C17H15ClN2O6/c1-8-15(10(3)21)9(2)19-16(8)14(22)7-26-17(23)12-5-4-11(18)6-13(12)20(24)25/h4-6,19H,7H2,1-3H3. The maximum absolute atomic E-state index is 12.3. The largest absolute Gasteiger partial charge is 0.453 e. The first-order valence-corrected chi connectivity index (χ1v) is 7.85. The normalized spacial score (nSPS) is 10.5. The fraction of sp³-hybridized carbons (Fsp3) is 0.235. The van der Waals surface area contributed by atoms with Gasteiger partial charge in [0.25, 0.3) is 5.69 Å². The van der Waals surface area contributed by atoms with Gasteiger partial charge in [0.05, 0.1) is 10.6 Å². The number of aromatic nitrogens is 1. The number of Topliss-reactive ketones (excluding diaryl/α,β-unsaturated/α-hetero) is 2. The Morgan fingerprint density at radius 3 is 2.46 bits per heavy atom. The average molecular weight is 379 g/mol. The van der Waals surface area contributed by atoms with Gasteiger partial charge >= 0.3 is 5.97 Å². The number of nitrogens with zero attached hydrogens (tertiary/aromatic N) is 1.